The van der Waals surface area contributed by atoms with Gasteiger partial charge in [0, 0.05) is 10.0 Å². The van der Waals surface area contributed by atoms with Gasteiger partial charge in [-0.25, -0.2) is 9.59 Å². The maximum absolute atomic E-state index is 13.0. The molecule has 1 aliphatic rings. The minimum Gasteiger partial charge on any atom is -0.493 e. The van der Waals surface area contributed by atoms with E-state index in [1.54, 1.807) is 19.1 Å². The van der Waals surface area contributed by atoms with Gasteiger partial charge in [-0.15, -0.1) is 0 Å². The summed E-state index contributed by atoms with van der Waals surface area (Å²) in [5, 5.41) is 5.56. The van der Waals surface area contributed by atoms with E-state index in [-0.39, 0.29) is 12.2 Å². The van der Waals surface area contributed by atoms with Gasteiger partial charge in [-0.05, 0) is 24.6 Å². The molecule has 0 spiro atoms. The number of urea groups is 1. The maximum Gasteiger partial charge on any atom is 0.338 e. The maximum atomic E-state index is 13.0. The van der Waals surface area contributed by atoms with Crippen LogP contribution in [0.5, 0.6) is 11.5 Å². The fourth-order valence-electron chi connectivity index (χ4n) is 3.23. The molecule has 0 radical (unpaired) electrons. The number of rotatable bonds is 6. The second kappa shape index (κ2) is 9.00. The van der Waals surface area contributed by atoms with Crippen molar-refractivity contribution in [3.05, 3.63) is 63.6 Å². The Morgan fingerprint density at radius 1 is 1.14 bits per heavy atom. The minimum absolute atomic E-state index is 0.198. The first-order chi connectivity index (χ1) is 14.0. The van der Waals surface area contributed by atoms with Crippen molar-refractivity contribution in [3.8, 4) is 11.5 Å². The predicted molar refractivity (Wildman–Crippen MR) is 112 cm³/mol. The Bertz CT molecular complexity index is 959. The molecule has 0 aliphatic carbocycles. The summed E-state index contributed by atoms with van der Waals surface area (Å²) in [6.07, 6.45) is 0. The van der Waals surface area contributed by atoms with Crippen LogP contribution >= 0.6 is 15.9 Å². The van der Waals surface area contributed by atoms with E-state index in [9.17, 15) is 9.59 Å². The first-order valence-corrected chi connectivity index (χ1v) is 9.75. The van der Waals surface area contributed by atoms with E-state index in [0.29, 0.717) is 32.8 Å². The number of carbonyl (C=O) groups is 2. The molecule has 8 heteroatoms. The number of ether oxygens (including phenoxy) is 3. The van der Waals surface area contributed by atoms with Crippen LogP contribution in [0.15, 0.2) is 52.5 Å². The van der Waals surface area contributed by atoms with Gasteiger partial charge < -0.3 is 24.8 Å². The van der Waals surface area contributed by atoms with Crippen LogP contribution in [-0.4, -0.2) is 32.8 Å². The lowest BCUT2D eigenvalue weighted by Crippen LogP contribution is -2.45. The summed E-state index contributed by atoms with van der Waals surface area (Å²) in [5.74, 6) is 0.344. The van der Waals surface area contributed by atoms with Crippen LogP contribution in [0.2, 0.25) is 0 Å². The number of hydrogen-bond acceptors (Lipinski definition) is 5. The molecular weight excluding hydrogens is 440 g/mol. The lowest BCUT2D eigenvalue weighted by atomic mass is 9.92. The van der Waals surface area contributed by atoms with Crippen LogP contribution in [-0.2, 0) is 9.53 Å². The van der Waals surface area contributed by atoms with Crippen molar-refractivity contribution in [2.24, 2.45) is 0 Å². The Kier molecular flexibility index (Phi) is 6.43. The third-order valence-electron chi connectivity index (χ3n) is 4.41. The van der Waals surface area contributed by atoms with E-state index in [1.165, 1.54) is 14.2 Å². The SMILES string of the molecule is CCOC(=O)C1=C(c2ccccc2)NC(=O)N[C@@H]1c1cc(Br)cc(OC)c1OC. The molecule has 7 nitrogen and oxygen atoms in total. The first-order valence-electron chi connectivity index (χ1n) is 8.95. The normalized spacial score (nSPS) is 16.0. The van der Waals surface area contributed by atoms with Crippen molar-refractivity contribution in [1.29, 1.82) is 0 Å². The molecule has 1 heterocycles. The largest absolute Gasteiger partial charge is 0.493 e. The summed E-state index contributed by atoms with van der Waals surface area (Å²) in [4.78, 5) is 25.5. The lowest BCUT2D eigenvalue weighted by molar-refractivity contribution is -0.138. The van der Waals surface area contributed by atoms with Crippen LogP contribution in [0.25, 0.3) is 5.70 Å². The second-order valence-corrected chi connectivity index (χ2v) is 7.05. The van der Waals surface area contributed by atoms with Crippen LogP contribution < -0.4 is 20.1 Å². The molecule has 1 atom stereocenters. The van der Waals surface area contributed by atoms with Crippen molar-refractivity contribution in [1.82, 2.24) is 10.6 Å². The molecule has 1 aliphatic heterocycles. The standard InChI is InChI=1S/C21H21BrN2O5/c1-4-29-20(25)16-17(12-8-6-5-7-9-12)23-21(26)24-18(16)14-10-13(22)11-15(27-2)19(14)28-3/h5-11,18H,4H2,1-3H3,(H2,23,24,26)/t18-/m1/s1. The van der Waals surface area contributed by atoms with Crippen molar-refractivity contribution < 1.29 is 23.8 Å². The van der Waals surface area contributed by atoms with Crippen LogP contribution in [0.1, 0.15) is 24.1 Å². The van der Waals surface area contributed by atoms with Crippen LogP contribution in [0.3, 0.4) is 0 Å². The summed E-state index contributed by atoms with van der Waals surface area (Å²) in [6.45, 7) is 1.93. The molecule has 0 fully saturated rings. The highest BCUT2D eigenvalue weighted by Crippen LogP contribution is 2.42. The molecule has 3 rings (SSSR count). The Balaban J connectivity index is 2.28. The molecule has 0 saturated carbocycles. The van der Waals surface area contributed by atoms with Gasteiger partial charge in [-0.3, -0.25) is 0 Å². The van der Waals surface area contributed by atoms with Gasteiger partial charge in [0.1, 0.15) is 0 Å². The zero-order chi connectivity index (χ0) is 21.0. The Labute approximate surface area is 177 Å². The Hall–Kier alpha value is -3.00. The van der Waals surface area contributed by atoms with E-state index in [2.05, 4.69) is 26.6 Å². The summed E-state index contributed by atoms with van der Waals surface area (Å²) < 4.78 is 17.0. The fourth-order valence-corrected chi connectivity index (χ4v) is 3.69. The van der Waals surface area contributed by atoms with Crippen LogP contribution in [0.4, 0.5) is 4.79 Å². The molecule has 2 N–H and O–H groups in total. The lowest BCUT2D eigenvalue weighted by Gasteiger charge is -2.30. The van der Waals surface area contributed by atoms with E-state index < -0.39 is 18.0 Å². The molecule has 2 amide bonds. The van der Waals surface area contributed by atoms with Gasteiger partial charge >= 0.3 is 12.0 Å². The van der Waals surface area contributed by atoms with Gasteiger partial charge in [-0.1, -0.05) is 46.3 Å². The number of halogens is 1. The number of nitrogens with one attached hydrogen (secondary N) is 2. The van der Waals surface area contributed by atoms with E-state index in [1.807, 2.05) is 30.3 Å². The van der Waals surface area contributed by atoms with Gasteiger partial charge in [0.15, 0.2) is 11.5 Å². The Morgan fingerprint density at radius 2 is 1.86 bits per heavy atom. The van der Waals surface area contributed by atoms with E-state index >= 15 is 0 Å². The molecule has 0 saturated heterocycles. The van der Waals surface area contributed by atoms with Crippen molar-refractivity contribution in [3.63, 3.8) is 0 Å². The van der Waals surface area contributed by atoms with E-state index in [4.69, 9.17) is 14.2 Å². The number of hydrogen-bond donors (Lipinski definition) is 2. The fraction of sp³-hybridized carbons (Fsp3) is 0.238. The van der Waals surface area contributed by atoms with Gasteiger partial charge in [0.05, 0.1) is 38.1 Å². The molecule has 0 unspecified atom stereocenters. The zero-order valence-electron chi connectivity index (χ0n) is 16.2. The smallest absolute Gasteiger partial charge is 0.338 e. The summed E-state index contributed by atoms with van der Waals surface area (Å²) >= 11 is 3.45. The molecule has 2 aromatic rings. The molecule has 0 aromatic heterocycles. The van der Waals surface area contributed by atoms with Gasteiger partial charge in [0.2, 0.25) is 0 Å². The quantitative estimate of drug-likeness (QED) is 0.640. The Morgan fingerprint density at radius 3 is 2.48 bits per heavy atom. The highest BCUT2D eigenvalue weighted by molar-refractivity contribution is 9.10. The highest BCUT2D eigenvalue weighted by Gasteiger charge is 2.36. The summed E-state index contributed by atoms with van der Waals surface area (Å²) in [7, 11) is 3.02. The number of benzene rings is 2. The third kappa shape index (κ3) is 4.22. The molecule has 0 bridgehead atoms. The zero-order valence-corrected chi connectivity index (χ0v) is 17.8. The highest BCUT2D eigenvalue weighted by atomic mass is 79.9. The predicted octanol–water partition coefficient (Wildman–Crippen LogP) is 3.79. The number of methoxy groups -OCH3 is 2. The van der Waals surface area contributed by atoms with Gasteiger partial charge in [0.25, 0.3) is 0 Å². The van der Waals surface area contributed by atoms with Crippen LogP contribution in [0, 0.1) is 0 Å². The number of carbonyl (C=O) groups excluding carboxylic acids is 2. The summed E-state index contributed by atoms with van der Waals surface area (Å²) in [5.41, 5.74) is 1.91. The van der Waals surface area contributed by atoms with E-state index in [0.717, 1.165) is 0 Å². The molecule has 29 heavy (non-hydrogen) atoms. The van der Waals surface area contributed by atoms with Crippen molar-refractivity contribution >= 4 is 33.6 Å². The summed E-state index contributed by atoms with van der Waals surface area (Å²) in [6, 6.07) is 11.4. The number of esters is 1. The van der Waals surface area contributed by atoms with Crippen molar-refractivity contribution in [2.45, 2.75) is 13.0 Å². The number of amides is 2. The van der Waals surface area contributed by atoms with Gasteiger partial charge in [-0.2, -0.15) is 0 Å². The van der Waals surface area contributed by atoms with Crippen molar-refractivity contribution in [2.75, 3.05) is 20.8 Å². The average molecular weight is 461 g/mol. The minimum atomic E-state index is -0.806. The second-order valence-electron chi connectivity index (χ2n) is 6.14. The molecule has 152 valence electrons. The third-order valence-corrected chi connectivity index (χ3v) is 4.87. The molecule has 2 aromatic carbocycles. The topological polar surface area (TPSA) is 85.9 Å². The first kappa shape index (κ1) is 20.7. The monoisotopic (exact) mass is 460 g/mol. The average Bonchev–Trinajstić information content (AvgIpc) is 2.73. The molecular formula is C21H21BrN2O5.